The summed E-state index contributed by atoms with van der Waals surface area (Å²) in [4.78, 5) is 13.7. The Bertz CT molecular complexity index is 258. The van der Waals surface area contributed by atoms with Gasteiger partial charge < -0.3 is 18.2 Å². The van der Waals surface area contributed by atoms with E-state index < -0.39 is 8.80 Å². The zero-order valence-corrected chi connectivity index (χ0v) is 12.9. The summed E-state index contributed by atoms with van der Waals surface area (Å²) in [5.74, 6) is 0.179. The molecule has 0 aromatic heterocycles. The van der Waals surface area contributed by atoms with Crippen LogP contribution in [-0.4, -0.2) is 51.6 Å². The maximum Gasteiger partial charge on any atom is 0.524 e. The number of carbonyl (C=O) groups is 1. The molecule has 0 aromatic carbocycles. The van der Waals surface area contributed by atoms with Crippen LogP contribution in [-0.2, 0) is 18.1 Å². The van der Waals surface area contributed by atoms with Gasteiger partial charge in [-0.2, -0.15) is 0 Å². The van der Waals surface area contributed by atoms with Crippen LogP contribution in [0.4, 0.5) is 0 Å². The fraction of sp³-hybridized carbons (Fsp3) is 0.917. The van der Waals surface area contributed by atoms with Gasteiger partial charge in [-0.05, 0) is 34.1 Å². The molecule has 0 radical (unpaired) electrons. The van der Waals surface area contributed by atoms with Crippen molar-refractivity contribution >= 4 is 14.7 Å². The predicted molar refractivity (Wildman–Crippen MR) is 71.0 cm³/mol. The van der Waals surface area contributed by atoms with Crippen molar-refractivity contribution in [2.75, 3.05) is 26.4 Å². The third-order valence-electron chi connectivity index (χ3n) is 3.13. The summed E-state index contributed by atoms with van der Waals surface area (Å²) in [6, 6.07) is 0. The fourth-order valence-electron chi connectivity index (χ4n) is 2.36. The molecule has 106 valence electrons. The molecule has 0 aromatic rings. The van der Waals surface area contributed by atoms with Crippen molar-refractivity contribution in [2.24, 2.45) is 0 Å². The molecule has 0 aliphatic carbocycles. The molecular weight excluding hydrogens is 250 g/mol. The van der Waals surface area contributed by atoms with Crippen molar-refractivity contribution in [1.29, 1.82) is 0 Å². The lowest BCUT2D eigenvalue weighted by Crippen LogP contribution is -2.62. The van der Waals surface area contributed by atoms with Crippen LogP contribution in [0.5, 0.6) is 0 Å². The zero-order valence-electron chi connectivity index (χ0n) is 11.9. The predicted octanol–water partition coefficient (Wildman–Crippen LogP) is 1.58. The van der Waals surface area contributed by atoms with E-state index in [4.69, 9.17) is 13.3 Å². The molecule has 18 heavy (non-hydrogen) atoms. The summed E-state index contributed by atoms with van der Waals surface area (Å²) < 4.78 is 17.5. The molecule has 1 aliphatic heterocycles. The average molecular weight is 275 g/mol. The van der Waals surface area contributed by atoms with Crippen molar-refractivity contribution in [1.82, 2.24) is 4.90 Å². The van der Waals surface area contributed by atoms with Crippen molar-refractivity contribution < 1.29 is 18.1 Å². The monoisotopic (exact) mass is 275 g/mol. The minimum absolute atomic E-state index is 0.104. The SMILES string of the molecule is CCO[Si](OCC)(OCC)C(C)N1CCCC1=O. The van der Waals surface area contributed by atoms with Crippen molar-refractivity contribution in [2.45, 2.75) is 46.2 Å². The van der Waals surface area contributed by atoms with Gasteiger partial charge in [-0.1, -0.05) is 0 Å². The molecule has 1 heterocycles. The van der Waals surface area contributed by atoms with Crippen LogP contribution in [0.15, 0.2) is 0 Å². The maximum absolute atomic E-state index is 11.9. The van der Waals surface area contributed by atoms with E-state index in [1.807, 2.05) is 32.6 Å². The second-order valence-corrected chi connectivity index (χ2v) is 7.18. The average Bonchev–Trinajstić information content (AvgIpc) is 2.75. The number of rotatable bonds is 8. The first-order chi connectivity index (χ1) is 8.61. The maximum atomic E-state index is 11.9. The van der Waals surface area contributed by atoms with E-state index in [9.17, 15) is 4.79 Å². The van der Waals surface area contributed by atoms with Crippen LogP contribution >= 0.6 is 0 Å². The quantitative estimate of drug-likeness (QED) is 0.631. The summed E-state index contributed by atoms with van der Waals surface area (Å²) in [5, 5.41) is 0. The van der Waals surface area contributed by atoms with E-state index >= 15 is 0 Å². The van der Waals surface area contributed by atoms with Gasteiger partial charge in [0.05, 0.1) is 5.67 Å². The first kappa shape index (κ1) is 15.6. The second-order valence-electron chi connectivity index (χ2n) is 4.27. The van der Waals surface area contributed by atoms with Crippen LogP contribution in [0.1, 0.15) is 40.5 Å². The lowest BCUT2D eigenvalue weighted by atomic mass is 10.4. The van der Waals surface area contributed by atoms with Crippen LogP contribution in [0.2, 0.25) is 0 Å². The molecular formula is C12H25NO4Si. The van der Waals surface area contributed by atoms with Gasteiger partial charge in [0.25, 0.3) is 0 Å². The molecule has 6 heteroatoms. The molecule has 1 atom stereocenters. The highest BCUT2D eigenvalue weighted by molar-refractivity contribution is 6.62. The second kappa shape index (κ2) is 7.23. The van der Waals surface area contributed by atoms with E-state index in [0.29, 0.717) is 26.2 Å². The van der Waals surface area contributed by atoms with E-state index in [0.717, 1.165) is 13.0 Å². The Morgan fingerprint density at radius 2 is 1.67 bits per heavy atom. The summed E-state index contributed by atoms with van der Waals surface area (Å²) in [6.45, 7) is 10.2. The van der Waals surface area contributed by atoms with Gasteiger partial charge in [-0.25, -0.2) is 0 Å². The van der Waals surface area contributed by atoms with Gasteiger partial charge >= 0.3 is 8.80 Å². The number of amides is 1. The van der Waals surface area contributed by atoms with Gasteiger partial charge in [-0.15, -0.1) is 0 Å². The molecule has 1 unspecified atom stereocenters. The van der Waals surface area contributed by atoms with E-state index in [-0.39, 0.29) is 11.6 Å². The molecule has 1 amide bonds. The van der Waals surface area contributed by atoms with Crippen LogP contribution in [0.25, 0.3) is 0 Å². The lowest BCUT2D eigenvalue weighted by molar-refractivity contribution is -0.129. The largest absolute Gasteiger partial charge is 0.524 e. The minimum Gasteiger partial charge on any atom is -0.373 e. The Hall–Kier alpha value is -0.433. The molecule has 0 N–H and O–H groups in total. The summed E-state index contributed by atoms with van der Waals surface area (Å²) in [6.07, 6.45) is 1.54. The highest BCUT2D eigenvalue weighted by Crippen LogP contribution is 2.24. The van der Waals surface area contributed by atoms with Crippen molar-refractivity contribution in [3.63, 3.8) is 0 Å². The molecule has 1 saturated heterocycles. The lowest BCUT2D eigenvalue weighted by Gasteiger charge is -2.37. The Labute approximate surface area is 111 Å². The standard InChI is InChI=1S/C12H25NO4Si/c1-5-15-18(16-6-2,17-7-3)11(4)13-10-8-9-12(13)14/h11H,5-10H2,1-4H3. The van der Waals surface area contributed by atoms with E-state index in [1.165, 1.54) is 0 Å². The number of likely N-dealkylation sites (tertiary alicyclic amines) is 1. The van der Waals surface area contributed by atoms with Crippen LogP contribution in [0.3, 0.4) is 0 Å². The van der Waals surface area contributed by atoms with Gasteiger partial charge in [0, 0.05) is 32.8 Å². The smallest absolute Gasteiger partial charge is 0.373 e. The molecule has 0 bridgehead atoms. The summed E-state index contributed by atoms with van der Waals surface area (Å²) in [5.41, 5.74) is -0.104. The minimum atomic E-state index is -2.80. The van der Waals surface area contributed by atoms with Gasteiger partial charge in [0.2, 0.25) is 5.91 Å². The molecule has 1 rings (SSSR count). The van der Waals surface area contributed by atoms with Gasteiger partial charge in [-0.3, -0.25) is 4.79 Å². The molecule has 5 nitrogen and oxygen atoms in total. The van der Waals surface area contributed by atoms with Crippen LogP contribution < -0.4 is 0 Å². The van der Waals surface area contributed by atoms with Gasteiger partial charge in [0.1, 0.15) is 0 Å². The number of carbonyl (C=O) groups excluding carboxylic acids is 1. The Morgan fingerprint density at radius 1 is 1.17 bits per heavy atom. The highest BCUT2D eigenvalue weighted by atomic mass is 28.4. The van der Waals surface area contributed by atoms with Gasteiger partial charge in [0.15, 0.2) is 0 Å². The summed E-state index contributed by atoms with van der Waals surface area (Å²) in [7, 11) is -2.80. The molecule has 0 spiro atoms. The third kappa shape index (κ3) is 3.31. The molecule has 1 fully saturated rings. The van der Waals surface area contributed by atoms with Crippen molar-refractivity contribution in [3.05, 3.63) is 0 Å². The Kier molecular flexibility index (Phi) is 6.27. The Balaban J connectivity index is 2.87. The Morgan fingerprint density at radius 3 is 2.00 bits per heavy atom. The number of nitrogens with zero attached hydrogens (tertiary/aromatic N) is 1. The van der Waals surface area contributed by atoms with E-state index in [1.54, 1.807) is 0 Å². The first-order valence-corrected chi connectivity index (χ1v) is 8.62. The topological polar surface area (TPSA) is 48.0 Å². The molecule has 0 saturated carbocycles. The van der Waals surface area contributed by atoms with E-state index in [2.05, 4.69) is 0 Å². The summed E-state index contributed by atoms with van der Waals surface area (Å²) >= 11 is 0. The number of hydrogen-bond donors (Lipinski definition) is 0. The number of hydrogen-bond acceptors (Lipinski definition) is 4. The normalized spacial score (nSPS) is 18.4. The third-order valence-corrected chi connectivity index (χ3v) is 6.53. The molecule has 1 aliphatic rings. The highest BCUT2D eigenvalue weighted by Gasteiger charge is 2.51. The zero-order chi connectivity index (χ0) is 13.6. The fourth-order valence-corrected chi connectivity index (χ4v) is 5.20. The van der Waals surface area contributed by atoms with Crippen LogP contribution in [0, 0.1) is 0 Å². The first-order valence-electron chi connectivity index (χ1n) is 6.82. The van der Waals surface area contributed by atoms with Crippen molar-refractivity contribution in [3.8, 4) is 0 Å².